The van der Waals surface area contributed by atoms with Crippen molar-refractivity contribution in [1.82, 2.24) is 4.98 Å². The summed E-state index contributed by atoms with van der Waals surface area (Å²) in [6.07, 6.45) is 2.44. The van der Waals surface area contributed by atoms with Crippen molar-refractivity contribution in [2.45, 2.75) is 39.2 Å². The molecule has 0 bridgehead atoms. The van der Waals surface area contributed by atoms with Crippen molar-refractivity contribution >= 4 is 23.3 Å². The molecular weight excluding hydrogens is 428 g/mol. The predicted octanol–water partition coefficient (Wildman–Crippen LogP) is 5.15. The molecule has 1 saturated heterocycles. The maximum absolute atomic E-state index is 13.6. The number of ketones is 2. The van der Waals surface area contributed by atoms with Crippen LogP contribution in [0.5, 0.6) is 5.75 Å². The third kappa shape index (κ3) is 4.49. The van der Waals surface area contributed by atoms with Gasteiger partial charge in [-0.25, -0.2) is 4.98 Å². The van der Waals surface area contributed by atoms with Crippen LogP contribution in [0.4, 0.5) is 5.82 Å². The second kappa shape index (κ2) is 10.00. The predicted molar refractivity (Wildman–Crippen MR) is 130 cm³/mol. The van der Waals surface area contributed by atoms with Gasteiger partial charge in [0.25, 0.3) is 5.91 Å². The summed E-state index contributed by atoms with van der Waals surface area (Å²) in [5.74, 6) is -1.67. The fraction of sp³-hybridized carbons (Fsp3) is 0.286. The Kier molecular flexibility index (Phi) is 6.87. The fourth-order valence-corrected chi connectivity index (χ4v) is 4.21. The molecule has 34 heavy (non-hydrogen) atoms. The number of rotatable bonds is 8. The Morgan fingerprint density at radius 1 is 1.00 bits per heavy atom. The number of carbonyl (C=O) groups is 3. The van der Waals surface area contributed by atoms with Crippen LogP contribution in [0, 0.1) is 5.92 Å². The van der Waals surface area contributed by atoms with Crippen molar-refractivity contribution in [2.24, 2.45) is 5.92 Å². The minimum absolute atomic E-state index is 0.332. The first-order valence-electron chi connectivity index (χ1n) is 11.6. The largest absolute Gasteiger partial charge is 0.494 e. The normalized spacial score (nSPS) is 17.9. The molecule has 1 fully saturated rings. The molecular formula is C28H28N2O4. The molecule has 0 radical (unpaired) electrons. The van der Waals surface area contributed by atoms with Crippen LogP contribution in [-0.4, -0.2) is 29.1 Å². The average molecular weight is 457 g/mol. The summed E-state index contributed by atoms with van der Waals surface area (Å²) in [5.41, 5.74) is 2.21. The molecule has 2 heterocycles. The molecule has 2 aromatic carbocycles. The number of Topliss-reactive ketones (excluding diaryl/α,β-unsaturated/α-hetero) is 2. The van der Waals surface area contributed by atoms with Crippen molar-refractivity contribution in [2.75, 3.05) is 11.5 Å². The lowest BCUT2D eigenvalue weighted by Crippen LogP contribution is -2.31. The van der Waals surface area contributed by atoms with E-state index in [9.17, 15) is 14.4 Å². The summed E-state index contributed by atoms with van der Waals surface area (Å²) in [4.78, 5) is 45.6. The van der Waals surface area contributed by atoms with Gasteiger partial charge in [-0.3, -0.25) is 19.3 Å². The van der Waals surface area contributed by atoms with E-state index in [1.165, 1.54) is 4.90 Å². The van der Waals surface area contributed by atoms with Crippen LogP contribution in [-0.2, 0) is 9.59 Å². The Balaban J connectivity index is 1.75. The molecule has 4 rings (SSSR count). The quantitative estimate of drug-likeness (QED) is 0.266. The molecule has 6 heteroatoms. The number of benzene rings is 2. The number of aromatic nitrogens is 1. The molecule has 1 aromatic heterocycles. The van der Waals surface area contributed by atoms with Gasteiger partial charge in [0.1, 0.15) is 17.5 Å². The van der Waals surface area contributed by atoms with E-state index in [2.05, 4.69) is 18.8 Å². The van der Waals surface area contributed by atoms with E-state index in [0.717, 1.165) is 17.5 Å². The molecule has 1 amide bonds. The summed E-state index contributed by atoms with van der Waals surface area (Å²) in [7, 11) is 0. The molecule has 2 unspecified atom stereocenters. The minimum atomic E-state index is -1.16. The highest BCUT2D eigenvalue weighted by Crippen LogP contribution is 2.41. The molecule has 1 aliphatic rings. The van der Waals surface area contributed by atoms with Crippen molar-refractivity contribution in [3.8, 4) is 5.75 Å². The van der Waals surface area contributed by atoms with Gasteiger partial charge in [-0.05, 0) is 59.9 Å². The van der Waals surface area contributed by atoms with Gasteiger partial charge in [0.2, 0.25) is 5.78 Å². The second-order valence-electron chi connectivity index (χ2n) is 8.71. The van der Waals surface area contributed by atoms with Gasteiger partial charge in [0.15, 0.2) is 5.78 Å². The molecule has 0 spiro atoms. The van der Waals surface area contributed by atoms with E-state index >= 15 is 0 Å². The summed E-state index contributed by atoms with van der Waals surface area (Å²) in [5, 5.41) is 0. The van der Waals surface area contributed by atoms with Crippen molar-refractivity contribution < 1.29 is 19.1 Å². The number of ether oxygens (including phenoxy) is 1. The standard InChI is InChI=1S/C28H28N2O4/c1-4-17-34-22-14-12-21(13-15-22)26(31)24-25(20-10-8-19(9-11-20)18(2)3)30(28(33)27(24)32)23-7-5-6-16-29-23/h5-16,18,24-25H,4,17H2,1-3H3. The Morgan fingerprint density at radius 3 is 2.29 bits per heavy atom. The van der Waals surface area contributed by atoms with E-state index in [0.29, 0.717) is 29.7 Å². The number of hydrogen-bond acceptors (Lipinski definition) is 5. The van der Waals surface area contributed by atoms with E-state index in [-0.39, 0.29) is 0 Å². The number of amides is 1. The second-order valence-corrected chi connectivity index (χ2v) is 8.71. The number of pyridine rings is 1. The van der Waals surface area contributed by atoms with Crippen LogP contribution < -0.4 is 9.64 Å². The molecule has 2 atom stereocenters. The smallest absolute Gasteiger partial charge is 0.297 e. The zero-order chi connectivity index (χ0) is 24.2. The first kappa shape index (κ1) is 23.4. The third-order valence-corrected chi connectivity index (χ3v) is 6.04. The van der Waals surface area contributed by atoms with E-state index in [1.807, 2.05) is 31.2 Å². The molecule has 0 aliphatic carbocycles. The van der Waals surface area contributed by atoms with Gasteiger partial charge in [0.05, 0.1) is 12.6 Å². The first-order valence-corrected chi connectivity index (χ1v) is 11.6. The van der Waals surface area contributed by atoms with Crippen LogP contribution >= 0.6 is 0 Å². The van der Waals surface area contributed by atoms with Crippen LogP contribution in [0.3, 0.4) is 0 Å². The third-order valence-electron chi connectivity index (χ3n) is 6.04. The summed E-state index contributed by atoms with van der Waals surface area (Å²) in [6.45, 7) is 6.79. The number of carbonyl (C=O) groups excluding carboxylic acids is 3. The van der Waals surface area contributed by atoms with Crippen LogP contribution in [0.25, 0.3) is 0 Å². The Morgan fingerprint density at radius 2 is 1.71 bits per heavy atom. The van der Waals surface area contributed by atoms with Gasteiger partial charge in [-0.1, -0.05) is 51.1 Å². The van der Waals surface area contributed by atoms with E-state index in [4.69, 9.17) is 4.74 Å². The van der Waals surface area contributed by atoms with Crippen molar-refractivity contribution in [3.63, 3.8) is 0 Å². The Hall–Kier alpha value is -3.80. The van der Waals surface area contributed by atoms with Crippen molar-refractivity contribution in [3.05, 3.63) is 89.6 Å². The van der Waals surface area contributed by atoms with Gasteiger partial charge < -0.3 is 4.74 Å². The number of hydrogen-bond donors (Lipinski definition) is 0. The minimum Gasteiger partial charge on any atom is -0.494 e. The first-order chi connectivity index (χ1) is 16.4. The monoisotopic (exact) mass is 456 g/mol. The SMILES string of the molecule is CCCOc1ccc(C(=O)C2C(=O)C(=O)N(c3ccccn3)C2c2ccc(C(C)C)cc2)cc1. The Labute approximate surface area is 199 Å². The molecule has 0 N–H and O–H groups in total. The highest BCUT2D eigenvalue weighted by atomic mass is 16.5. The highest BCUT2D eigenvalue weighted by molar-refractivity contribution is 6.48. The Bertz CT molecular complexity index is 1170. The van der Waals surface area contributed by atoms with E-state index in [1.54, 1.807) is 48.7 Å². The van der Waals surface area contributed by atoms with Crippen LogP contribution in [0.1, 0.15) is 60.6 Å². The van der Waals surface area contributed by atoms with Gasteiger partial charge in [-0.15, -0.1) is 0 Å². The maximum Gasteiger partial charge on any atom is 0.297 e. The number of nitrogens with zero attached hydrogens (tertiary/aromatic N) is 2. The molecule has 1 aliphatic heterocycles. The lowest BCUT2D eigenvalue weighted by atomic mass is 9.85. The van der Waals surface area contributed by atoms with Gasteiger partial charge in [-0.2, -0.15) is 0 Å². The topological polar surface area (TPSA) is 76.6 Å². The van der Waals surface area contributed by atoms with Gasteiger partial charge >= 0.3 is 0 Å². The highest BCUT2D eigenvalue weighted by Gasteiger charge is 2.52. The zero-order valence-electron chi connectivity index (χ0n) is 19.6. The lowest BCUT2D eigenvalue weighted by molar-refractivity contribution is -0.135. The van der Waals surface area contributed by atoms with Crippen molar-refractivity contribution in [1.29, 1.82) is 0 Å². The van der Waals surface area contributed by atoms with E-state index < -0.39 is 29.4 Å². The maximum atomic E-state index is 13.6. The average Bonchev–Trinajstić information content (AvgIpc) is 3.13. The molecule has 174 valence electrons. The summed E-state index contributed by atoms with van der Waals surface area (Å²) >= 11 is 0. The van der Waals surface area contributed by atoms with Gasteiger partial charge in [0, 0.05) is 11.8 Å². The molecule has 6 nitrogen and oxygen atoms in total. The van der Waals surface area contributed by atoms with Crippen LogP contribution in [0.2, 0.25) is 0 Å². The fourth-order valence-electron chi connectivity index (χ4n) is 4.21. The zero-order valence-corrected chi connectivity index (χ0v) is 19.6. The summed E-state index contributed by atoms with van der Waals surface area (Å²) < 4.78 is 5.60. The summed E-state index contributed by atoms with van der Waals surface area (Å²) in [6, 6.07) is 18.9. The number of anilines is 1. The molecule has 0 saturated carbocycles. The molecule has 3 aromatic rings. The lowest BCUT2D eigenvalue weighted by Gasteiger charge is -2.26. The van der Waals surface area contributed by atoms with Crippen LogP contribution in [0.15, 0.2) is 72.9 Å².